The van der Waals surface area contributed by atoms with E-state index in [0.717, 1.165) is 0 Å². The third-order valence-corrected chi connectivity index (χ3v) is 3.15. The first-order valence-corrected chi connectivity index (χ1v) is 10.1. The molecule has 0 rings (SSSR count). The van der Waals surface area contributed by atoms with E-state index < -0.39 is 46.6 Å². The van der Waals surface area contributed by atoms with Gasteiger partial charge in [-0.25, -0.2) is 24.2 Å². The fraction of sp³-hybridized carbons (Fsp3) is 0.818. The van der Waals surface area contributed by atoms with Gasteiger partial charge in [0.05, 0.1) is 5.54 Å². The topological polar surface area (TPSA) is 163 Å². The highest BCUT2D eigenvalue weighted by molar-refractivity contribution is 5.78. The van der Waals surface area contributed by atoms with Crippen LogP contribution in [0, 0.1) is 10.8 Å². The van der Waals surface area contributed by atoms with Crippen LogP contribution in [-0.2, 0) is 19.1 Å². The smallest absolute Gasteiger partial charge is 0.408 e. The van der Waals surface area contributed by atoms with E-state index in [4.69, 9.17) is 20.1 Å². The van der Waals surface area contributed by atoms with E-state index in [-0.39, 0.29) is 5.54 Å². The second-order valence-corrected chi connectivity index (χ2v) is 11.3. The van der Waals surface area contributed by atoms with Crippen LogP contribution >= 0.6 is 0 Å². The van der Waals surface area contributed by atoms with Crippen LogP contribution in [-0.4, -0.2) is 62.7 Å². The number of carboxylic acids is 2. The van der Waals surface area contributed by atoms with Crippen molar-refractivity contribution >= 4 is 24.1 Å². The lowest BCUT2D eigenvalue weighted by atomic mass is 9.89. The normalized spacial score (nSPS) is 13.5. The molecule has 0 aromatic rings. The Labute approximate surface area is 191 Å². The van der Waals surface area contributed by atoms with E-state index in [9.17, 15) is 19.2 Å². The lowest BCUT2D eigenvalue weighted by molar-refractivity contribution is -0.153. The van der Waals surface area contributed by atoms with Gasteiger partial charge < -0.3 is 25.4 Å². The van der Waals surface area contributed by atoms with Crippen molar-refractivity contribution in [1.29, 1.82) is 0 Å². The summed E-state index contributed by atoms with van der Waals surface area (Å²) in [5, 5.41) is 28.6. The van der Waals surface area contributed by atoms with Crippen molar-refractivity contribution in [2.75, 3.05) is 0 Å². The lowest BCUT2D eigenvalue weighted by Gasteiger charge is -2.28. The first-order valence-electron chi connectivity index (χ1n) is 10.1. The summed E-state index contributed by atoms with van der Waals surface area (Å²) in [7, 11) is 0. The van der Waals surface area contributed by atoms with Gasteiger partial charge in [0.15, 0.2) is 6.10 Å². The fourth-order valence-corrected chi connectivity index (χ4v) is 1.55. The molecule has 32 heavy (non-hydrogen) atoms. The van der Waals surface area contributed by atoms with Gasteiger partial charge in [-0.15, -0.1) is 0 Å². The van der Waals surface area contributed by atoms with Crippen LogP contribution in [0.5, 0.6) is 0 Å². The number of nitrogens with one attached hydrogen (secondary N) is 1. The predicted octanol–water partition coefficient (Wildman–Crippen LogP) is 3.61. The molecule has 4 N–H and O–H groups in total. The number of alkyl carbamates (subject to hydrolysis) is 1. The third-order valence-electron chi connectivity index (χ3n) is 3.15. The molecule has 0 aliphatic rings. The summed E-state index contributed by atoms with van der Waals surface area (Å²) in [5.74, 6) is -2.31. The Kier molecular flexibility index (Phi) is 14.1. The minimum atomic E-state index is -1.27. The molecule has 0 spiro atoms. The molecule has 0 bridgehead atoms. The lowest BCUT2D eigenvalue weighted by Crippen LogP contribution is -2.46. The highest BCUT2D eigenvalue weighted by atomic mass is 16.6. The Morgan fingerprint density at radius 1 is 0.812 bits per heavy atom. The second-order valence-electron chi connectivity index (χ2n) is 11.3. The van der Waals surface area contributed by atoms with Gasteiger partial charge in [0.1, 0.15) is 0 Å². The van der Waals surface area contributed by atoms with Gasteiger partial charge in [0, 0.05) is 11.0 Å². The largest absolute Gasteiger partial charge is 0.479 e. The summed E-state index contributed by atoms with van der Waals surface area (Å²) in [6.45, 7) is 21.0. The number of carbonyl (C=O) groups excluding carboxylic acids is 2. The number of carboxylic acid groups (broad SMARTS) is 2. The van der Waals surface area contributed by atoms with Gasteiger partial charge in [-0.1, -0.05) is 41.5 Å². The summed E-state index contributed by atoms with van der Waals surface area (Å²) >= 11 is 0. The fourth-order valence-electron chi connectivity index (χ4n) is 1.55. The Hall–Kier alpha value is -2.45. The van der Waals surface area contributed by atoms with Crippen molar-refractivity contribution < 1.29 is 39.2 Å². The maximum atomic E-state index is 11.4. The number of hydrogen-bond acceptors (Lipinski definition) is 7. The molecule has 0 fully saturated rings. The van der Waals surface area contributed by atoms with Gasteiger partial charge >= 0.3 is 18.0 Å². The molecule has 0 aromatic carbocycles. The molecule has 1 amide bonds. The van der Waals surface area contributed by atoms with Crippen LogP contribution in [0.2, 0.25) is 0 Å². The van der Waals surface area contributed by atoms with E-state index in [1.54, 1.807) is 62.3 Å². The van der Waals surface area contributed by atoms with Gasteiger partial charge in [0.2, 0.25) is 12.2 Å². The molecule has 10 nitrogen and oxygen atoms in total. The monoisotopic (exact) mass is 462 g/mol. The van der Waals surface area contributed by atoms with Crippen LogP contribution in [0.15, 0.2) is 4.99 Å². The van der Waals surface area contributed by atoms with Crippen LogP contribution in [0.1, 0.15) is 83.1 Å². The number of ether oxygens (including phenoxy) is 1. The number of amides is 1. The first kappa shape index (κ1) is 34.2. The minimum Gasteiger partial charge on any atom is -0.479 e. The Bertz CT molecular complexity index is 655. The van der Waals surface area contributed by atoms with Crippen molar-refractivity contribution in [3.8, 4) is 0 Å². The number of rotatable bonds is 3. The summed E-state index contributed by atoms with van der Waals surface area (Å²) in [4.78, 5) is 45.4. The molecule has 0 saturated carbocycles. The number of aliphatic carboxylic acids is 2. The predicted molar refractivity (Wildman–Crippen MR) is 121 cm³/mol. The molecule has 1 unspecified atom stereocenters. The van der Waals surface area contributed by atoms with Crippen LogP contribution in [0.3, 0.4) is 0 Å². The summed E-state index contributed by atoms with van der Waals surface area (Å²) in [5.41, 5.74) is -1.90. The van der Waals surface area contributed by atoms with Crippen LogP contribution in [0.4, 0.5) is 4.79 Å². The average Bonchev–Trinajstić information content (AvgIpc) is 2.47. The molecule has 188 valence electrons. The number of aliphatic imine (C=N–C) groups is 1. The van der Waals surface area contributed by atoms with Crippen molar-refractivity contribution in [2.45, 2.75) is 106 Å². The number of aliphatic hydroxyl groups excluding tert-OH is 1. The van der Waals surface area contributed by atoms with Gasteiger partial charge in [-0.2, -0.15) is 0 Å². The SMILES string of the molecule is CC(C)(C)C(O)C(=O)O.CC(C)(C)N=C=O.CC(C)(C)NC(=O)O[C@H](C(=O)O)C(C)(C)C. The summed E-state index contributed by atoms with van der Waals surface area (Å²) < 4.78 is 4.90. The molecule has 0 heterocycles. The zero-order valence-corrected chi connectivity index (χ0v) is 21.5. The molecule has 0 aliphatic heterocycles. The average molecular weight is 463 g/mol. The van der Waals surface area contributed by atoms with Crippen molar-refractivity contribution in [3.05, 3.63) is 0 Å². The van der Waals surface area contributed by atoms with Crippen LogP contribution in [0.25, 0.3) is 0 Å². The van der Waals surface area contributed by atoms with Gasteiger partial charge in [-0.3, -0.25) is 0 Å². The summed E-state index contributed by atoms with van der Waals surface area (Å²) in [6.07, 6.45) is -1.65. The molecule has 2 atom stereocenters. The number of carbonyl (C=O) groups is 3. The standard InChI is InChI=1S/C11H21NO4.C6H12O3.C5H9NO/c1-10(2,3)7(8(13)14)16-9(15)12-11(4,5)6;1-6(2,3)4(7)5(8)9;1-5(2,3)6-4-7/h7H,1-6H3,(H,12,15)(H,13,14);4,7H,1-3H3,(H,8,9);1-3H3/t7-;;/m1../s1. The number of hydrogen-bond donors (Lipinski definition) is 4. The molecule has 10 heteroatoms. The van der Waals surface area contributed by atoms with E-state index in [0.29, 0.717) is 0 Å². The number of aliphatic hydroxyl groups is 1. The highest BCUT2D eigenvalue weighted by Crippen LogP contribution is 2.23. The zero-order chi connectivity index (χ0) is 26.7. The molecule has 0 saturated heterocycles. The molecule has 0 aromatic heterocycles. The number of isocyanates is 1. The molecular formula is C22H42N2O8. The van der Waals surface area contributed by atoms with Crippen molar-refractivity contribution in [1.82, 2.24) is 5.32 Å². The van der Waals surface area contributed by atoms with E-state index in [1.807, 2.05) is 20.8 Å². The molecular weight excluding hydrogens is 420 g/mol. The number of nitrogens with zero attached hydrogens (tertiary/aromatic N) is 1. The van der Waals surface area contributed by atoms with Crippen molar-refractivity contribution in [2.24, 2.45) is 15.8 Å². The molecule has 0 aliphatic carbocycles. The molecule has 0 radical (unpaired) electrons. The van der Waals surface area contributed by atoms with E-state index in [2.05, 4.69) is 10.3 Å². The summed E-state index contributed by atoms with van der Waals surface area (Å²) in [6, 6.07) is 0. The first-order chi connectivity index (χ1) is 13.8. The van der Waals surface area contributed by atoms with Crippen LogP contribution < -0.4 is 5.32 Å². The minimum absolute atomic E-state index is 0.248. The zero-order valence-electron chi connectivity index (χ0n) is 21.5. The van der Waals surface area contributed by atoms with Crippen molar-refractivity contribution in [3.63, 3.8) is 0 Å². The van der Waals surface area contributed by atoms with E-state index >= 15 is 0 Å². The Morgan fingerprint density at radius 2 is 1.22 bits per heavy atom. The third kappa shape index (κ3) is 20.8. The Morgan fingerprint density at radius 3 is 1.34 bits per heavy atom. The van der Waals surface area contributed by atoms with Gasteiger partial charge in [0.25, 0.3) is 0 Å². The Balaban J connectivity index is -0.000000442. The quantitative estimate of drug-likeness (QED) is 0.365. The van der Waals surface area contributed by atoms with Gasteiger partial charge in [-0.05, 0) is 47.0 Å². The second kappa shape index (κ2) is 13.2. The van der Waals surface area contributed by atoms with E-state index in [1.165, 1.54) is 6.08 Å². The maximum Gasteiger partial charge on any atom is 0.408 e. The maximum absolute atomic E-state index is 11.4. The highest BCUT2D eigenvalue weighted by Gasteiger charge is 2.35.